The highest BCUT2D eigenvalue weighted by Gasteiger charge is 2.31. The Labute approximate surface area is 198 Å². The Morgan fingerprint density at radius 2 is 2.03 bits per heavy atom. The summed E-state index contributed by atoms with van der Waals surface area (Å²) in [6, 6.07) is 15.6. The van der Waals surface area contributed by atoms with E-state index in [-0.39, 0.29) is 5.91 Å². The van der Waals surface area contributed by atoms with Gasteiger partial charge < -0.3 is 4.74 Å². The number of methoxy groups -OCH3 is 1. The van der Waals surface area contributed by atoms with Crippen LogP contribution in [-0.4, -0.2) is 38.6 Å². The molecule has 0 N–H and O–H groups in total. The van der Waals surface area contributed by atoms with Crippen LogP contribution in [0.2, 0.25) is 0 Å². The lowest BCUT2D eigenvalue weighted by molar-refractivity contribution is -0.121. The smallest absolute Gasteiger partial charge is 0.266 e. The normalized spacial score (nSPS) is 15.0. The summed E-state index contributed by atoms with van der Waals surface area (Å²) in [5.74, 6) is 0.613. The first-order valence-electron chi connectivity index (χ1n) is 9.37. The zero-order valence-electron chi connectivity index (χ0n) is 16.6. The number of halogens is 1. The predicted octanol–water partition coefficient (Wildman–Crippen LogP) is 5.70. The maximum atomic E-state index is 12.8. The van der Waals surface area contributed by atoms with Gasteiger partial charge in [0.1, 0.15) is 15.8 Å². The molecule has 1 amide bonds. The third kappa shape index (κ3) is 4.37. The van der Waals surface area contributed by atoms with E-state index in [4.69, 9.17) is 22.1 Å². The van der Waals surface area contributed by atoms with Gasteiger partial charge in [-0.1, -0.05) is 48.3 Å². The third-order valence-electron chi connectivity index (χ3n) is 4.66. The minimum Gasteiger partial charge on any atom is -0.496 e. The van der Waals surface area contributed by atoms with Crippen molar-refractivity contribution in [3.63, 3.8) is 0 Å². The molecule has 31 heavy (non-hydrogen) atoms. The molecule has 1 aliphatic heterocycles. The van der Waals surface area contributed by atoms with Gasteiger partial charge in [0.05, 0.1) is 22.2 Å². The van der Waals surface area contributed by atoms with Crippen molar-refractivity contribution in [2.75, 3.05) is 13.7 Å². The number of hydrogen-bond donors (Lipinski definition) is 0. The van der Waals surface area contributed by atoms with Crippen molar-refractivity contribution in [2.45, 2.75) is 0 Å². The second-order valence-electron chi connectivity index (χ2n) is 6.64. The van der Waals surface area contributed by atoms with Crippen molar-refractivity contribution in [3.8, 4) is 22.7 Å². The second kappa shape index (κ2) is 9.21. The number of ether oxygens (including phenoxy) is 1. The van der Waals surface area contributed by atoms with Gasteiger partial charge in [0.2, 0.25) is 0 Å². The van der Waals surface area contributed by atoms with Crippen LogP contribution in [0.25, 0.3) is 23.0 Å². The highest BCUT2D eigenvalue weighted by molar-refractivity contribution is 9.10. The van der Waals surface area contributed by atoms with Crippen molar-refractivity contribution < 1.29 is 9.53 Å². The molecule has 0 unspecified atom stereocenters. The summed E-state index contributed by atoms with van der Waals surface area (Å²) in [7, 11) is 1.63. The topological polar surface area (TPSA) is 47.4 Å². The van der Waals surface area contributed by atoms with Gasteiger partial charge in [-0.2, -0.15) is 5.10 Å². The molecule has 1 saturated heterocycles. The quantitative estimate of drug-likeness (QED) is 0.241. The lowest BCUT2D eigenvalue weighted by Gasteiger charge is -2.10. The van der Waals surface area contributed by atoms with E-state index in [2.05, 4.69) is 22.5 Å². The van der Waals surface area contributed by atoms with E-state index < -0.39 is 0 Å². The predicted molar refractivity (Wildman–Crippen MR) is 133 cm³/mol. The number of amides is 1. The van der Waals surface area contributed by atoms with Crippen LogP contribution in [0, 0.1) is 0 Å². The summed E-state index contributed by atoms with van der Waals surface area (Å²) in [5, 5.41) is 4.82. The van der Waals surface area contributed by atoms with Crippen LogP contribution < -0.4 is 4.74 Å². The van der Waals surface area contributed by atoms with Crippen molar-refractivity contribution in [3.05, 3.63) is 82.3 Å². The Morgan fingerprint density at radius 1 is 1.26 bits per heavy atom. The SMILES string of the molecule is C=CCN1C(=O)C(=Cc2cn(-c3ccccc3)nc2-c2ccc(OC)c(Br)c2)SC1=S. The van der Waals surface area contributed by atoms with Crippen LogP contribution in [0.1, 0.15) is 5.56 Å². The molecular weight excluding hydrogens is 494 g/mol. The number of thiocarbonyl (C=S) groups is 1. The standard InChI is InChI=1S/C23H18BrN3O2S2/c1-3-11-26-22(28)20(31-23(26)30)13-16-14-27(17-7-5-4-6-8-17)25-21(16)15-9-10-19(29-2)18(24)12-15/h3-10,12-14H,1,11H2,2H3. The van der Waals surface area contributed by atoms with Gasteiger partial charge in [0, 0.05) is 23.9 Å². The molecule has 1 aliphatic rings. The molecule has 0 atom stereocenters. The molecule has 0 aliphatic carbocycles. The number of benzene rings is 2. The van der Waals surface area contributed by atoms with Crippen LogP contribution in [0.5, 0.6) is 5.75 Å². The summed E-state index contributed by atoms with van der Waals surface area (Å²) in [4.78, 5) is 14.9. The number of hydrogen-bond acceptors (Lipinski definition) is 5. The number of aromatic nitrogens is 2. The Kier molecular flexibility index (Phi) is 6.41. The van der Waals surface area contributed by atoms with Crippen molar-refractivity contribution in [1.29, 1.82) is 0 Å². The van der Waals surface area contributed by atoms with E-state index in [1.54, 1.807) is 18.1 Å². The molecule has 4 rings (SSSR count). The fourth-order valence-electron chi connectivity index (χ4n) is 3.17. The minimum atomic E-state index is -0.121. The van der Waals surface area contributed by atoms with E-state index in [1.165, 1.54) is 11.8 Å². The largest absolute Gasteiger partial charge is 0.496 e. The second-order valence-corrected chi connectivity index (χ2v) is 9.17. The molecule has 156 valence electrons. The average molecular weight is 512 g/mol. The Morgan fingerprint density at radius 3 is 2.71 bits per heavy atom. The Hall–Kier alpha value is -2.68. The zero-order chi connectivity index (χ0) is 22.0. The van der Waals surface area contributed by atoms with Crippen molar-refractivity contribution in [1.82, 2.24) is 14.7 Å². The number of nitrogens with zero attached hydrogens (tertiary/aromatic N) is 3. The van der Waals surface area contributed by atoms with E-state index in [0.29, 0.717) is 15.8 Å². The van der Waals surface area contributed by atoms with Crippen LogP contribution in [0.15, 0.2) is 76.8 Å². The van der Waals surface area contributed by atoms with Crippen LogP contribution in [0.4, 0.5) is 0 Å². The van der Waals surface area contributed by atoms with E-state index in [1.807, 2.05) is 65.5 Å². The molecular formula is C23H18BrN3O2S2. The lowest BCUT2D eigenvalue weighted by atomic mass is 10.1. The molecule has 0 radical (unpaired) electrons. The molecule has 5 nitrogen and oxygen atoms in total. The number of rotatable bonds is 6. The zero-order valence-corrected chi connectivity index (χ0v) is 19.8. The summed E-state index contributed by atoms with van der Waals surface area (Å²) >= 11 is 10.2. The Balaban J connectivity index is 1.82. The average Bonchev–Trinajstić information content (AvgIpc) is 3.31. The van der Waals surface area contributed by atoms with Gasteiger partial charge in [-0.15, -0.1) is 6.58 Å². The molecule has 2 aromatic carbocycles. The molecule has 0 saturated carbocycles. The van der Waals surface area contributed by atoms with E-state index >= 15 is 0 Å². The summed E-state index contributed by atoms with van der Waals surface area (Å²) in [5.41, 5.74) is 3.39. The third-order valence-corrected chi connectivity index (χ3v) is 6.66. The van der Waals surface area contributed by atoms with Gasteiger partial charge >= 0.3 is 0 Å². The Bertz CT molecular complexity index is 1200. The van der Waals surface area contributed by atoms with E-state index in [9.17, 15) is 4.79 Å². The van der Waals surface area contributed by atoms with Gasteiger partial charge in [-0.3, -0.25) is 9.69 Å². The molecule has 0 spiro atoms. The van der Waals surface area contributed by atoms with Gasteiger partial charge in [0.15, 0.2) is 0 Å². The first kappa shape index (κ1) is 21.5. The maximum Gasteiger partial charge on any atom is 0.266 e. The molecule has 0 bridgehead atoms. The maximum absolute atomic E-state index is 12.8. The van der Waals surface area contributed by atoms with Crippen LogP contribution in [0.3, 0.4) is 0 Å². The number of carbonyl (C=O) groups is 1. The molecule has 2 heterocycles. The van der Waals surface area contributed by atoms with Gasteiger partial charge in [-0.05, 0) is 52.3 Å². The first-order valence-corrected chi connectivity index (χ1v) is 11.4. The summed E-state index contributed by atoms with van der Waals surface area (Å²) in [6.45, 7) is 4.10. The monoisotopic (exact) mass is 511 g/mol. The molecule has 1 aromatic heterocycles. The minimum absolute atomic E-state index is 0.121. The van der Waals surface area contributed by atoms with Crippen LogP contribution in [-0.2, 0) is 4.79 Å². The molecule has 3 aromatic rings. The fraction of sp³-hybridized carbons (Fsp3) is 0.0870. The van der Waals surface area contributed by atoms with E-state index in [0.717, 1.165) is 32.7 Å². The van der Waals surface area contributed by atoms with Crippen molar-refractivity contribution in [2.24, 2.45) is 0 Å². The lowest BCUT2D eigenvalue weighted by Crippen LogP contribution is -2.27. The number of para-hydroxylation sites is 1. The summed E-state index contributed by atoms with van der Waals surface area (Å²) < 4.78 is 8.51. The highest BCUT2D eigenvalue weighted by Crippen LogP contribution is 2.36. The molecule has 1 fully saturated rings. The van der Waals surface area contributed by atoms with Crippen LogP contribution >= 0.6 is 39.9 Å². The number of carbonyl (C=O) groups excluding carboxylic acids is 1. The van der Waals surface area contributed by atoms with Gasteiger partial charge in [-0.25, -0.2) is 4.68 Å². The van der Waals surface area contributed by atoms with Crippen molar-refractivity contribution >= 4 is 56.2 Å². The van der Waals surface area contributed by atoms with Gasteiger partial charge in [0.25, 0.3) is 5.91 Å². The first-order chi connectivity index (χ1) is 15.0. The number of thioether (sulfide) groups is 1. The summed E-state index contributed by atoms with van der Waals surface area (Å²) in [6.07, 6.45) is 5.44. The fourth-order valence-corrected chi connectivity index (χ4v) is 4.98. The highest BCUT2D eigenvalue weighted by atomic mass is 79.9. The molecule has 8 heteroatoms.